The molecule has 2 aromatic heterocycles. The standard InChI is InChI=1S/C24H19FN6O5/c1-36-18-7-3-4-15(13-18)19-20(16-5-2-6-17(25)12-16)29-31(30-24(34)35)21(19)23(33)28-27-22(32)14-8-10-26-11-9-14/h2-13,30H,1H3,(H,27,32)(H,28,33)(H,34,35). The number of amides is 3. The molecule has 0 bridgehead atoms. The molecule has 4 N–H and O–H groups in total. The van der Waals surface area contributed by atoms with Crippen LogP contribution in [0.4, 0.5) is 9.18 Å². The van der Waals surface area contributed by atoms with Gasteiger partial charge >= 0.3 is 6.09 Å². The van der Waals surface area contributed by atoms with Crippen molar-refractivity contribution in [3.05, 3.63) is 90.1 Å². The minimum Gasteiger partial charge on any atom is -0.497 e. The smallest absolute Gasteiger partial charge is 0.425 e. The zero-order valence-electron chi connectivity index (χ0n) is 18.7. The monoisotopic (exact) mass is 490 g/mol. The summed E-state index contributed by atoms with van der Waals surface area (Å²) in [6.07, 6.45) is 1.32. The van der Waals surface area contributed by atoms with Gasteiger partial charge in [-0.15, -0.1) is 0 Å². The lowest BCUT2D eigenvalue weighted by Gasteiger charge is -2.12. The number of hydrazine groups is 1. The Balaban J connectivity index is 1.84. The van der Waals surface area contributed by atoms with Gasteiger partial charge in [-0.1, -0.05) is 24.3 Å². The molecule has 11 nitrogen and oxygen atoms in total. The summed E-state index contributed by atoms with van der Waals surface area (Å²) >= 11 is 0. The largest absolute Gasteiger partial charge is 0.497 e. The molecule has 4 aromatic rings. The van der Waals surface area contributed by atoms with Crippen molar-refractivity contribution in [1.29, 1.82) is 0 Å². The van der Waals surface area contributed by atoms with E-state index in [-0.39, 0.29) is 28.1 Å². The van der Waals surface area contributed by atoms with Crippen LogP contribution in [0.15, 0.2) is 73.1 Å². The van der Waals surface area contributed by atoms with E-state index in [2.05, 4.69) is 20.9 Å². The molecule has 0 aliphatic heterocycles. The third-order valence-electron chi connectivity index (χ3n) is 4.99. The fourth-order valence-corrected chi connectivity index (χ4v) is 3.44. The number of pyridine rings is 1. The van der Waals surface area contributed by atoms with Gasteiger partial charge in [-0.05, 0) is 42.0 Å². The number of rotatable bonds is 6. The predicted octanol–water partition coefficient (Wildman–Crippen LogP) is 3.06. The Morgan fingerprint density at radius 3 is 2.33 bits per heavy atom. The number of hydrogen-bond donors (Lipinski definition) is 4. The highest BCUT2D eigenvalue weighted by Crippen LogP contribution is 2.36. The van der Waals surface area contributed by atoms with Gasteiger partial charge in [0.2, 0.25) is 0 Å². The molecule has 182 valence electrons. The number of hydrogen-bond acceptors (Lipinski definition) is 6. The molecule has 0 aliphatic rings. The van der Waals surface area contributed by atoms with Gasteiger partial charge in [0.15, 0.2) is 5.69 Å². The van der Waals surface area contributed by atoms with Gasteiger partial charge in [0, 0.05) is 29.1 Å². The van der Waals surface area contributed by atoms with Crippen LogP contribution < -0.4 is 21.0 Å². The highest BCUT2D eigenvalue weighted by atomic mass is 19.1. The van der Waals surface area contributed by atoms with E-state index in [4.69, 9.17) is 4.74 Å². The topological polar surface area (TPSA) is 147 Å². The third-order valence-corrected chi connectivity index (χ3v) is 4.99. The number of benzene rings is 2. The number of methoxy groups -OCH3 is 1. The average molecular weight is 490 g/mol. The molecule has 0 saturated carbocycles. The molecule has 2 aromatic carbocycles. The van der Waals surface area contributed by atoms with Crippen molar-refractivity contribution in [2.75, 3.05) is 12.5 Å². The SMILES string of the molecule is COc1cccc(-c2c(-c3cccc(F)c3)nn(NC(=O)O)c2C(=O)NNC(=O)c2ccncc2)c1. The summed E-state index contributed by atoms with van der Waals surface area (Å²) in [5.74, 6) is -1.62. The van der Waals surface area contributed by atoms with Gasteiger partial charge in [0.1, 0.15) is 17.3 Å². The first-order valence-electron chi connectivity index (χ1n) is 10.4. The Bertz CT molecular complexity index is 1440. The lowest BCUT2D eigenvalue weighted by Crippen LogP contribution is -2.43. The van der Waals surface area contributed by atoms with Crippen LogP contribution in [0.5, 0.6) is 5.75 Å². The van der Waals surface area contributed by atoms with E-state index in [0.29, 0.717) is 11.3 Å². The van der Waals surface area contributed by atoms with E-state index < -0.39 is 23.7 Å². The predicted molar refractivity (Wildman–Crippen MR) is 126 cm³/mol. The summed E-state index contributed by atoms with van der Waals surface area (Å²) < 4.78 is 19.3. The number of carboxylic acid groups (broad SMARTS) is 1. The molecule has 0 fully saturated rings. The van der Waals surface area contributed by atoms with Crippen LogP contribution in [0.25, 0.3) is 22.4 Å². The molecule has 3 amide bonds. The average Bonchev–Trinajstić information content (AvgIpc) is 3.26. The van der Waals surface area contributed by atoms with Gasteiger partial charge in [0.25, 0.3) is 11.8 Å². The summed E-state index contributed by atoms with van der Waals surface area (Å²) in [4.78, 5) is 41.8. The van der Waals surface area contributed by atoms with Crippen LogP contribution >= 0.6 is 0 Å². The quantitative estimate of drug-likeness (QED) is 0.304. The molecule has 0 saturated heterocycles. The number of carbonyl (C=O) groups is 3. The normalized spacial score (nSPS) is 10.4. The summed E-state index contributed by atoms with van der Waals surface area (Å²) in [6, 6.07) is 15.0. The number of ether oxygens (including phenoxy) is 1. The third kappa shape index (κ3) is 5.12. The summed E-state index contributed by atoms with van der Waals surface area (Å²) in [5, 5.41) is 13.6. The number of halogens is 1. The van der Waals surface area contributed by atoms with Gasteiger partial charge in [0.05, 0.1) is 7.11 Å². The molecule has 4 rings (SSSR count). The van der Waals surface area contributed by atoms with Crippen LogP contribution in [-0.4, -0.2) is 45.0 Å². The van der Waals surface area contributed by atoms with Crippen molar-refractivity contribution < 1.29 is 28.6 Å². The Hall–Kier alpha value is -5.26. The first kappa shape index (κ1) is 23.9. The van der Waals surface area contributed by atoms with Crippen molar-refractivity contribution in [2.24, 2.45) is 0 Å². The van der Waals surface area contributed by atoms with Crippen LogP contribution in [-0.2, 0) is 0 Å². The Morgan fingerprint density at radius 1 is 0.944 bits per heavy atom. The summed E-state index contributed by atoms with van der Waals surface area (Å²) in [6.45, 7) is 0. The van der Waals surface area contributed by atoms with Gasteiger partial charge in [-0.2, -0.15) is 9.89 Å². The lowest BCUT2D eigenvalue weighted by molar-refractivity contribution is 0.0841. The van der Waals surface area contributed by atoms with E-state index in [1.165, 1.54) is 49.8 Å². The van der Waals surface area contributed by atoms with Crippen LogP contribution in [0.2, 0.25) is 0 Å². The Kier molecular flexibility index (Phi) is 6.86. The molecule has 36 heavy (non-hydrogen) atoms. The van der Waals surface area contributed by atoms with Crippen molar-refractivity contribution in [2.45, 2.75) is 0 Å². The fourth-order valence-electron chi connectivity index (χ4n) is 3.44. The highest BCUT2D eigenvalue weighted by Gasteiger charge is 2.28. The van der Waals surface area contributed by atoms with E-state index in [9.17, 15) is 23.9 Å². The zero-order chi connectivity index (χ0) is 25.7. The van der Waals surface area contributed by atoms with Crippen molar-refractivity contribution in [1.82, 2.24) is 25.7 Å². The second-order valence-electron chi connectivity index (χ2n) is 7.29. The van der Waals surface area contributed by atoms with E-state index >= 15 is 0 Å². The summed E-state index contributed by atoms with van der Waals surface area (Å²) in [5.41, 5.74) is 7.54. The highest BCUT2D eigenvalue weighted by molar-refractivity contribution is 6.05. The minimum atomic E-state index is -1.50. The molecule has 0 atom stereocenters. The van der Waals surface area contributed by atoms with E-state index in [1.54, 1.807) is 30.3 Å². The van der Waals surface area contributed by atoms with Gasteiger partial charge < -0.3 is 9.84 Å². The maximum atomic E-state index is 14.1. The fraction of sp³-hybridized carbons (Fsp3) is 0.0417. The van der Waals surface area contributed by atoms with E-state index in [1.807, 2.05) is 5.43 Å². The molecular weight excluding hydrogens is 471 g/mol. The van der Waals surface area contributed by atoms with Crippen molar-refractivity contribution in [3.8, 4) is 28.1 Å². The zero-order valence-corrected chi connectivity index (χ0v) is 18.7. The minimum absolute atomic E-state index is 0.113. The van der Waals surface area contributed by atoms with Crippen LogP contribution in [0.3, 0.4) is 0 Å². The molecule has 0 unspecified atom stereocenters. The van der Waals surface area contributed by atoms with E-state index in [0.717, 1.165) is 4.79 Å². The molecule has 0 spiro atoms. The second kappa shape index (κ2) is 10.3. The van der Waals surface area contributed by atoms with Crippen molar-refractivity contribution in [3.63, 3.8) is 0 Å². The van der Waals surface area contributed by atoms with Crippen molar-refractivity contribution >= 4 is 17.9 Å². The van der Waals surface area contributed by atoms with Gasteiger partial charge in [-0.25, -0.2) is 14.6 Å². The molecular formula is C24H19FN6O5. The molecule has 2 heterocycles. The number of nitrogens with zero attached hydrogens (tertiary/aromatic N) is 3. The molecule has 0 aliphatic carbocycles. The summed E-state index contributed by atoms with van der Waals surface area (Å²) in [7, 11) is 1.46. The maximum Gasteiger partial charge on any atom is 0.425 e. The van der Waals surface area contributed by atoms with Gasteiger partial charge in [-0.3, -0.25) is 25.4 Å². The molecule has 0 radical (unpaired) electrons. The first-order chi connectivity index (χ1) is 17.4. The number of aromatic nitrogens is 3. The molecule has 12 heteroatoms. The Morgan fingerprint density at radius 2 is 1.64 bits per heavy atom. The lowest BCUT2D eigenvalue weighted by atomic mass is 9.98. The first-order valence-corrected chi connectivity index (χ1v) is 10.4. The second-order valence-corrected chi connectivity index (χ2v) is 7.29. The maximum absolute atomic E-state index is 14.1. The van der Waals surface area contributed by atoms with Crippen LogP contribution in [0.1, 0.15) is 20.8 Å². The number of nitrogens with one attached hydrogen (secondary N) is 3. The van der Waals surface area contributed by atoms with Crippen LogP contribution in [0, 0.1) is 5.82 Å². The Labute approximate surface area is 203 Å². The number of carbonyl (C=O) groups excluding carboxylic acids is 2.